The van der Waals surface area contributed by atoms with E-state index in [0.29, 0.717) is 0 Å². The van der Waals surface area contributed by atoms with Crippen LogP contribution >= 0.6 is 0 Å². The molecule has 8 heteroatoms. The van der Waals surface area contributed by atoms with Gasteiger partial charge in [-0.1, -0.05) is 12.2 Å². The fourth-order valence-corrected chi connectivity index (χ4v) is 2.03. The molecule has 1 aliphatic rings. The minimum Gasteiger partial charge on any atom is -0.469 e. The molecule has 0 spiro atoms. The molecule has 0 heterocycles. The summed E-state index contributed by atoms with van der Waals surface area (Å²) in [6.07, 6.45) is 6.17. The van der Waals surface area contributed by atoms with Gasteiger partial charge in [0, 0.05) is 0 Å². The van der Waals surface area contributed by atoms with E-state index in [1.807, 2.05) is 13.0 Å². The molecule has 0 saturated heterocycles. The minimum atomic E-state index is -1.28. The maximum absolute atomic E-state index is 11.8. The van der Waals surface area contributed by atoms with Crippen LogP contribution in [0.4, 0.5) is 0 Å². The Labute approximate surface area is 135 Å². The standard InChI is InChI=1S/C15H24N2O6/c1-15(6-4-3-5-7-15)22-9-11(17)14(20)23-13(19)10(16)8-12(18)21-2/h3-4,10-11H,5-9,16-17H2,1-2H3/t10-,11-,15?/m0/s1. The van der Waals surface area contributed by atoms with E-state index in [-0.39, 0.29) is 18.6 Å². The van der Waals surface area contributed by atoms with Gasteiger partial charge in [0.05, 0.1) is 25.7 Å². The van der Waals surface area contributed by atoms with Gasteiger partial charge in [-0.3, -0.25) is 4.79 Å². The summed E-state index contributed by atoms with van der Waals surface area (Å²) in [5.74, 6) is -2.64. The Morgan fingerprint density at radius 1 is 1.17 bits per heavy atom. The first-order valence-corrected chi connectivity index (χ1v) is 7.40. The largest absolute Gasteiger partial charge is 0.469 e. The number of carbonyl (C=O) groups excluding carboxylic acids is 3. The van der Waals surface area contributed by atoms with E-state index in [4.69, 9.17) is 16.2 Å². The number of carbonyl (C=O) groups is 3. The van der Waals surface area contributed by atoms with Crippen molar-refractivity contribution in [2.24, 2.45) is 11.5 Å². The van der Waals surface area contributed by atoms with E-state index in [2.05, 4.69) is 15.5 Å². The molecule has 8 nitrogen and oxygen atoms in total. The highest BCUT2D eigenvalue weighted by atomic mass is 16.6. The second kappa shape index (κ2) is 8.76. The lowest BCUT2D eigenvalue weighted by molar-refractivity contribution is -0.164. The van der Waals surface area contributed by atoms with Crippen molar-refractivity contribution >= 4 is 17.9 Å². The van der Waals surface area contributed by atoms with Crippen LogP contribution in [0.15, 0.2) is 12.2 Å². The Morgan fingerprint density at radius 3 is 2.39 bits per heavy atom. The smallest absolute Gasteiger partial charge is 0.333 e. The fourth-order valence-electron chi connectivity index (χ4n) is 2.03. The van der Waals surface area contributed by atoms with Gasteiger partial charge in [0.25, 0.3) is 0 Å². The maximum Gasteiger partial charge on any atom is 0.333 e. The normalized spacial score (nSPS) is 23.0. The third-order valence-corrected chi connectivity index (χ3v) is 3.59. The molecule has 0 fully saturated rings. The van der Waals surface area contributed by atoms with Gasteiger partial charge < -0.3 is 25.7 Å². The Hall–Kier alpha value is -1.77. The van der Waals surface area contributed by atoms with E-state index < -0.39 is 30.0 Å². The maximum atomic E-state index is 11.8. The summed E-state index contributed by atoms with van der Waals surface area (Å²) in [6.45, 7) is 1.87. The highest BCUT2D eigenvalue weighted by Crippen LogP contribution is 2.26. The summed E-state index contributed by atoms with van der Waals surface area (Å²) in [5, 5.41) is 0. The Morgan fingerprint density at radius 2 is 1.83 bits per heavy atom. The first-order chi connectivity index (χ1) is 10.8. The molecule has 1 unspecified atom stereocenters. The first kappa shape index (κ1) is 19.3. The summed E-state index contributed by atoms with van der Waals surface area (Å²) in [4.78, 5) is 34.4. The predicted molar refractivity (Wildman–Crippen MR) is 81.0 cm³/mol. The van der Waals surface area contributed by atoms with E-state index >= 15 is 0 Å². The topological polar surface area (TPSA) is 131 Å². The van der Waals surface area contributed by atoms with Gasteiger partial charge in [-0.25, -0.2) is 9.59 Å². The molecule has 0 amide bonds. The molecule has 23 heavy (non-hydrogen) atoms. The van der Waals surface area contributed by atoms with Crippen LogP contribution in [-0.2, 0) is 28.6 Å². The Bertz CT molecular complexity index is 479. The van der Waals surface area contributed by atoms with Crippen LogP contribution in [0, 0.1) is 0 Å². The molecule has 3 atom stereocenters. The minimum absolute atomic E-state index is 0.0668. The monoisotopic (exact) mass is 328 g/mol. The molecule has 0 radical (unpaired) electrons. The van der Waals surface area contributed by atoms with Gasteiger partial charge in [-0.15, -0.1) is 0 Å². The number of rotatable bonds is 7. The van der Waals surface area contributed by atoms with Crippen molar-refractivity contribution in [2.45, 2.75) is 50.3 Å². The van der Waals surface area contributed by atoms with Gasteiger partial charge in [0.15, 0.2) is 0 Å². The summed E-state index contributed by atoms with van der Waals surface area (Å²) in [5.41, 5.74) is 10.7. The SMILES string of the molecule is COC(=O)C[C@H](N)C(=O)OC(=O)[C@@H](N)COC1(C)CC=CCC1. The van der Waals surface area contributed by atoms with E-state index in [9.17, 15) is 14.4 Å². The van der Waals surface area contributed by atoms with Crippen LogP contribution in [0.2, 0.25) is 0 Å². The lowest BCUT2D eigenvalue weighted by atomic mass is 9.91. The third kappa shape index (κ3) is 6.47. The molecule has 1 rings (SSSR count). The average molecular weight is 328 g/mol. The molecular formula is C15H24N2O6. The van der Waals surface area contributed by atoms with Crippen molar-refractivity contribution in [3.8, 4) is 0 Å². The van der Waals surface area contributed by atoms with E-state index in [0.717, 1.165) is 19.3 Å². The molecule has 0 bridgehead atoms. The molecule has 0 aromatic carbocycles. The van der Waals surface area contributed by atoms with E-state index in [1.165, 1.54) is 7.11 Å². The predicted octanol–water partition coefficient (Wildman–Crippen LogP) is -0.211. The number of esters is 3. The molecule has 4 N–H and O–H groups in total. The third-order valence-electron chi connectivity index (χ3n) is 3.59. The quantitative estimate of drug-likeness (QED) is 0.373. The fraction of sp³-hybridized carbons (Fsp3) is 0.667. The molecule has 0 aromatic rings. The Balaban J connectivity index is 2.39. The highest BCUT2D eigenvalue weighted by Gasteiger charge is 2.29. The van der Waals surface area contributed by atoms with Crippen molar-refractivity contribution in [1.82, 2.24) is 0 Å². The first-order valence-electron chi connectivity index (χ1n) is 7.40. The van der Waals surface area contributed by atoms with Crippen molar-refractivity contribution in [3.63, 3.8) is 0 Å². The number of ether oxygens (including phenoxy) is 3. The molecule has 0 aromatic heterocycles. The van der Waals surface area contributed by atoms with Crippen molar-refractivity contribution < 1.29 is 28.6 Å². The van der Waals surface area contributed by atoms with Crippen molar-refractivity contribution in [3.05, 3.63) is 12.2 Å². The zero-order chi connectivity index (χ0) is 17.5. The highest BCUT2D eigenvalue weighted by molar-refractivity contribution is 5.92. The van der Waals surface area contributed by atoms with Crippen LogP contribution in [0.25, 0.3) is 0 Å². The lowest BCUT2D eigenvalue weighted by Crippen LogP contribution is -2.44. The van der Waals surface area contributed by atoms with Crippen molar-refractivity contribution in [2.75, 3.05) is 13.7 Å². The van der Waals surface area contributed by atoms with E-state index in [1.54, 1.807) is 0 Å². The van der Waals surface area contributed by atoms with Crippen LogP contribution in [0.5, 0.6) is 0 Å². The van der Waals surface area contributed by atoms with Crippen LogP contribution in [0.1, 0.15) is 32.6 Å². The zero-order valence-corrected chi connectivity index (χ0v) is 13.4. The number of allylic oxidation sites excluding steroid dienone is 1. The lowest BCUT2D eigenvalue weighted by Gasteiger charge is -2.31. The summed E-state index contributed by atoms with van der Waals surface area (Å²) in [6, 6.07) is -2.38. The molecule has 130 valence electrons. The molecule has 1 aliphatic carbocycles. The number of nitrogens with two attached hydrogens (primary N) is 2. The number of methoxy groups -OCH3 is 1. The average Bonchev–Trinajstić information content (AvgIpc) is 2.52. The number of hydrogen-bond donors (Lipinski definition) is 2. The van der Waals surface area contributed by atoms with Crippen LogP contribution < -0.4 is 11.5 Å². The van der Waals surface area contributed by atoms with Crippen molar-refractivity contribution in [1.29, 1.82) is 0 Å². The zero-order valence-electron chi connectivity index (χ0n) is 13.4. The number of hydrogen-bond acceptors (Lipinski definition) is 8. The van der Waals surface area contributed by atoms with Crippen LogP contribution in [0.3, 0.4) is 0 Å². The second-order valence-corrected chi connectivity index (χ2v) is 5.71. The van der Waals surface area contributed by atoms with Gasteiger partial charge in [0.1, 0.15) is 12.1 Å². The second-order valence-electron chi connectivity index (χ2n) is 5.71. The summed E-state index contributed by atoms with van der Waals surface area (Å²) in [7, 11) is 1.17. The van der Waals surface area contributed by atoms with Gasteiger partial charge in [-0.2, -0.15) is 0 Å². The molecule has 0 aliphatic heterocycles. The molecule has 0 saturated carbocycles. The summed E-state index contributed by atoms with van der Waals surface area (Å²) < 4.78 is 14.6. The van der Waals surface area contributed by atoms with Gasteiger partial charge >= 0.3 is 17.9 Å². The van der Waals surface area contributed by atoms with Gasteiger partial charge in [-0.05, 0) is 26.2 Å². The van der Waals surface area contributed by atoms with Gasteiger partial charge in [0.2, 0.25) is 0 Å². The van der Waals surface area contributed by atoms with Crippen LogP contribution in [-0.4, -0.2) is 49.3 Å². The molecular weight excluding hydrogens is 304 g/mol. The Kier molecular flexibility index (Phi) is 7.34. The summed E-state index contributed by atoms with van der Waals surface area (Å²) >= 11 is 0.